The Bertz CT molecular complexity index is 132. The zero-order valence-electron chi connectivity index (χ0n) is 8.34. The van der Waals surface area contributed by atoms with Crippen molar-refractivity contribution >= 4 is 11.8 Å². The Morgan fingerprint density at radius 3 is 2.50 bits per heavy atom. The van der Waals surface area contributed by atoms with Crippen LogP contribution in [0.15, 0.2) is 12.2 Å². The molecule has 0 fully saturated rings. The van der Waals surface area contributed by atoms with Gasteiger partial charge in [-0.25, -0.2) is 0 Å². The molecule has 0 saturated heterocycles. The second kappa shape index (κ2) is 6.55. The van der Waals surface area contributed by atoms with Crippen LogP contribution in [0.5, 0.6) is 0 Å². The minimum atomic E-state index is -0.204. The molecule has 0 aromatic carbocycles. The smallest absolute Gasteiger partial charge is 0.0667 e. The van der Waals surface area contributed by atoms with Crippen LogP contribution in [0.3, 0.4) is 0 Å². The van der Waals surface area contributed by atoms with Crippen molar-refractivity contribution in [3.8, 4) is 0 Å². The monoisotopic (exact) mass is 188 g/mol. The molecule has 0 saturated carbocycles. The first-order chi connectivity index (χ1) is 5.56. The lowest BCUT2D eigenvalue weighted by Crippen LogP contribution is -2.12. The summed E-state index contributed by atoms with van der Waals surface area (Å²) >= 11 is 1.80. The lowest BCUT2D eigenvalue weighted by atomic mass is 10.1. The van der Waals surface area contributed by atoms with Gasteiger partial charge in [0.05, 0.1) is 6.10 Å². The van der Waals surface area contributed by atoms with Gasteiger partial charge < -0.3 is 5.11 Å². The Hall–Kier alpha value is 0.0500. The molecule has 0 aliphatic rings. The van der Waals surface area contributed by atoms with E-state index in [9.17, 15) is 5.11 Å². The van der Waals surface area contributed by atoms with Crippen molar-refractivity contribution < 1.29 is 5.11 Å². The van der Waals surface area contributed by atoms with E-state index in [0.29, 0.717) is 5.25 Å². The molecule has 0 radical (unpaired) electrons. The molecule has 0 spiro atoms. The fourth-order valence-electron chi connectivity index (χ4n) is 0.840. The van der Waals surface area contributed by atoms with E-state index in [1.165, 1.54) is 0 Å². The van der Waals surface area contributed by atoms with Crippen LogP contribution in [-0.4, -0.2) is 22.2 Å². The maximum Gasteiger partial charge on any atom is 0.0667 e. The molecule has 1 N–H and O–H groups in total. The van der Waals surface area contributed by atoms with Crippen LogP contribution < -0.4 is 0 Å². The van der Waals surface area contributed by atoms with Gasteiger partial charge in [-0.3, -0.25) is 0 Å². The molecule has 0 amide bonds. The van der Waals surface area contributed by atoms with Crippen LogP contribution in [-0.2, 0) is 0 Å². The van der Waals surface area contributed by atoms with Crippen molar-refractivity contribution in [1.82, 2.24) is 0 Å². The Kier molecular flexibility index (Phi) is 6.58. The fraction of sp³-hybridized carbons (Fsp3) is 0.800. The summed E-state index contributed by atoms with van der Waals surface area (Å²) < 4.78 is 0. The van der Waals surface area contributed by atoms with Crippen LogP contribution in [0.2, 0.25) is 0 Å². The standard InChI is InChI=1S/C10H20OS/c1-5-9(4)6-10(11)7-12-8(2)3/h8,10-11H,4-7H2,1-3H3. The van der Waals surface area contributed by atoms with Crippen molar-refractivity contribution in [2.75, 3.05) is 5.75 Å². The quantitative estimate of drug-likeness (QED) is 0.647. The predicted molar refractivity (Wildman–Crippen MR) is 57.6 cm³/mol. The van der Waals surface area contributed by atoms with Gasteiger partial charge in [0, 0.05) is 5.75 Å². The lowest BCUT2D eigenvalue weighted by molar-refractivity contribution is 0.199. The van der Waals surface area contributed by atoms with Gasteiger partial charge in [0.2, 0.25) is 0 Å². The van der Waals surface area contributed by atoms with Crippen LogP contribution >= 0.6 is 11.8 Å². The fourth-order valence-corrected chi connectivity index (χ4v) is 1.56. The lowest BCUT2D eigenvalue weighted by Gasteiger charge is -2.12. The highest BCUT2D eigenvalue weighted by Gasteiger charge is 2.06. The van der Waals surface area contributed by atoms with E-state index in [0.717, 1.165) is 24.2 Å². The summed E-state index contributed by atoms with van der Waals surface area (Å²) in [5.74, 6) is 0.830. The number of thioether (sulfide) groups is 1. The third-order valence-electron chi connectivity index (χ3n) is 1.65. The average molecular weight is 188 g/mol. The van der Waals surface area contributed by atoms with Gasteiger partial charge in [-0.05, 0) is 18.1 Å². The van der Waals surface area contributed by atoms with Gasteiger partial charge >= 0.3 is 0 Å². The first-order valence-electron chi connectivity index (χ1n) is 4.52. The number of aliphatic hydroxyl groups excluding tert-OH is 1. The predicted octanol–water partition coefficient (Wildman–Crippen LogP) is 2.85. The number of rotatable bonds is 6. The third-order valence-corrected chi connectivity index (χ3v) is 2.89. The second-order valence-electron chi connectivity index (χ2n) is 3.34. The maximum atomic E-state index is 9.52. The molecule has 1 atom stereocenters. The molecule has 0 bridgehead atoms. The highest BCUT2D eigenvalue weighted by atomic mass is 32.2. The molecule has 1 nitrogen and oxygen atoms in total. The largest absolute Gasteiger partial charge is 0.392 e. The van der Waals surface area contributed by atoms with Gasteiger partial charge in [0.15, 0.2) is 0 Å². The summed E-state index contributed by atoms with van der Waals surface area (Å²) in [6, 6.07) is 0. The van der Waals surface area contributed by atoms with E-state index in [-0.39, 0.29) is 6.10 Å². The summed E-state index contributed by atoms with van der Waals surface area (Å²) in [4.78, 5) is 0. The number of aliphatic hydroxyl groups is 1. The molecule has 12 heavy (non-hydrogen) atoms. The van der Waals surface area contributed by atoms with E-state index < -0.39 is 0 Å². The van der Waals surface area contributed by atoms with E-state index in [1.54, 1.807) is 11.8 Å². The Morgan fingerprint density at radius 1 is 1.50 bits per heavy atom. The highest BCUT2D eigenvalue weighted by molar-refractivity contribution is 7.99. The topological polar surface area (TPSA) is 20.2 Å². The van der Waals surface area contributed by atoms with E-state index in [1.807, 2.05) is 0 Å². The van der Waals surface area contributed by atoms with Gasteiger partial charge in [0.25, 0.3) is 0 Å². The number of hydrogen-bond acceptors (Lipinski definition) is 2. The molecular formula is C10H20OS. The highest BCUT2D eigenvalue weighted by Crippen LogP contribution is 2.15. The summed E-state index contributed by atoms with van der Waals surface area (Å²) in [5, 5.41) is 10.1. The van der Waals surface area contributed by atoms with Gasteiger partial charge in [0.1, 0.15) is 0 Å². The van der Waals surface area contributed by atoms with Crippen LogP contribution in [0.1, 0.15) is 33.6 Å². The molecular weight excluding hydrogens is 168 g/mol. The molecule has 1 unspecified atom stereocenters. The zero-order valence-corrected chi connectivity index (χ0v) is 9.16. The SMILES string of the molecule is C=C(CC)CC(O)CSC(C)C. The van der Waals surface area contributed by atoms with Crippen molar-refractivity contribution in [2.45, 2.75) is 45.0 Å². The molecule has 2 heteroatoms. The van der Waals surface area contributed by atoms with Crippen LogP contribution in [0, 0.1) is 0 Å². The van der Waals surface area contributed by atoms with Crippen molar-refractivity contribution in [3.05, 3.63) is 12.2 Å². The van der Waals surface area contributed by atoms with Crippen molar-refractivity contribution in [3.63, 3.8) is 0 Å². The van der Waals surface area contributed by atoms with Crippen molar-refractivity contribution in [2.24, 2.45) is 0 Å². The van der Waals surface area contributed by atoms with Crippen LogP contribution in [0.4, 0.5) is 0 Å². The first kappa shape index (κ1) is 12.0. The zero-order chi connectivity index (χ0) is 9.56. The average Bonchev–Trinajstić information content (AvgIpc) is 2.00. The molecule has 72 valence electrons. The van der Waals surface area contributed by atoms with Crippen molar-refractivity contribution in [1.29, 1.82) is 0 Å². The summed E-state index contributed by atoms with van der Waals surface area (Å²) in [6.07, 6.45) is 1.53. The molecule has 0 aliphatic heterocycles. The Balaban J connectivity index is 3.45. The van der Waals surface area contributed by atoms with Gasteiger partial charge in [-0.1, -0.05) is 32.9 Å². The molecule has 0 aromatic heterocycles. The van der Waals surface area contributed by atoms with Crippen LogP contribution in [0.25, 0.3) is 0 Å². The summed E-state index contributed by atoms with van der Waals surface area (Å²) in [5.41, 5.74) is 1.15. The second-order valence-corrected chi connectivity index (χ2v) is 4.95. The first-order valence-corrected chi connectivity index (χ1v) is 5.57. The summed E-state index contributed by atoms with van der Waals surface area (Å²) in [7, 11) is 0. The molecule has 0 heterocycles. The maximum absolute atomic E-state index is 9.52. The van der Waals surface area contributed by atoms with Gasteiger partial charge in [-0.15, -0.1) is 0 Å². The summed E-state index contributed by atoms with van der Waals surface area (Å²) in [6.45, 7) is 10.2. The molecule has 0 aliphatic carbocycles. The minimum absolute atomic E-state index is 0.204. The third kappa shape index (κ3) is 6.74. The molecule has 0 aromatic rings. The number of hydrogen-bond donors (Lipinski definition) is 1. The normalized spacial score (nSPS) is 13.4. The van der Waals surface area contributed by atoms with E-state index in [2.05, 4.69) is 27.4 Å². The Morgan fingerprint density at radius 2 is 2.08 bits per heavy atom. The van der Waals surface area contributed by atoms with E-state index >= 15 is 0 Å². The minimum Gasteiger partial charge on any atom is -0.392 e. The molecule has 0 rings (SSSR count). The van der Waals surface area contributed by atoms with Gasteiger partial charge in [-0.2, -0.15) is 11.8 Å². The Labute approximate surface area is 80.3 Å². The van der Waals surface area contributed by atoms with E-state index in [4.69, 9.17) is 0 Å².